The van der Waals surface area contributed by atoms with Crippen molar-refractivity contribution in [3.8, 4) is 0 Å². The Morgan fingerprint density at radius 1 is 0.412 bits per heavy atom. The highest BCUT2D eigenvalue weighted by atomic mass is 127. The molecule has 2 heteroatoms. The second-order valence-electron chi connectivity index (χ2n) is 9.43. The summed E-state index contributed by atoms with van der Waals surface area (Å²) in [6.45, 7) is 3.39. The maximum Gasteiger partial charge on any atom is 0.143 e. The summed E-state index contributed by atoms with van der Waals surface area (Å²) in [4.78, 5) is 0. The quantitative estimate of drug-likeness (QED) is 0.0961. The van der Waals surface area contributed by atoms with Crippen LogP contribution in [-0.4, -0.2) is 6.54 Å². The van der Waals surface area contributed by atoms with E-state index in [1.807, 2.05) is 0 Å². The standard InChI is InChI=1S/C32H44N.HI/c1-2-3-4-5-6-7-8-9-10-11-12-22-29-33(30-23-16-13-17-24-30,31-25-18-14-19-26-31)32-27-20-15-21-28-32;/h13-21,23-28H,2-12,22,29H2,1H3;1H/q+1;/p-1. The molecule has 0 radical (unpaired) electrons. The van der Waals surface area contributed by atoms with Crippen LogP contribution in [0.25, 0.3) is 0 Å². The van der Waals surface area contributed by atoms with Crippen LogP contribution in [0.15, 0.2) is 91.0 Å². The van der Waals surface area contributed by atoms with Gasteiger partial charge >= 0.3 is 0 Å². The molecule has 184 valence electrons. The zero-order valence-corrected chi connectivity index (χ0v) is 23.3. The van der Waals surface area contributed by atoms with E-state index in [4.69, 9.17) is 0 Å². The molecule has 3 aromatic carbocycles. The fourth-order valence-electron chi connectivity index (χ4n) is 5.07. The lowest BCUT2D eigenvalue weighted by molar-refractivity contribution is -0.00000679. The van der Waals surface area contributed by atoms with E-state index < -0.39 is 0 Å². The van der Waals surface area contributed by atoms with E-state index in [1.54, 1.807) is 0 Å². The van der Waals surface area contributed by atoms with Crippen LogP contribution in [0.4, 0.5) is 17.1 Å². The molecule has 0 bridgehead atoms. The van der Waals surface area contributed by atoms with Gasteiger partial charge in [-0.25, -0.2) is 4.48 Å². The smallest absolute Gasteiger partial charge is 0.143 e. The molecule has 0 aliphatic rings. The van der Waals surface area contributed by atoms with E-state index in [9.17, 15) is 0 Å². The van der Waals surface area contributed by atoms with Gasteiger partial charge in [-0.15, -0.1) is 0 Å². The second kappa shape index (κ2) is 16.9. The van der Waals surface area contributed by atoms with Crippen LogP contribution in [-0.2, 0) is 0 Å². The first-order chi connectivity index (χ1) is 16.4. The van der Waals surface area contributed by atoms with Crippen LogP contribution in [0, 0.1) is 0 Å². The molecule has 34 heavy (non-hydrogen) atoms. The molecule has 0 unspecified atom stereocenters. The largest absolute Gasteiger partial charge is 1.00 e. The van der Waals surface area contributed by atoms with Gasteiger partial charge < -0.3 is 24.0 Å². The summed E-state index contributed by atoms with van der Waals surface area (Å²) in [5.41, 5.74) is 4.04. The van der Waals surface area contributed by atoms with Crippen molar-refractivity contribution in [2.45, 2.75) is 84.0 Å². The average molecular weight is 570 g/mol. The average Bonchev–Trinajstić information content (AvgIpc) is 2.89. The summed E-state index contributed by atoms with van der Waals surface area (Å²) < 4.78 is 0.792. The van der Waals surface area contributed by atoms with E-state index >= 15 is 0 Å². The molecule has 0 fully saturated rings. The van der Waals surface area contributed by atoms with Gasteiger partial charge in [0.1, 0.15) is 17.1 Å². The molecule has 3 rings (SSSR count). The van der Waals surface area contributed by atoms with Crippen molar-refractivity contribution in [2.24, 2.45) is 0 Å². The third kappa shape index (κ3) is 8.53. The molecule has 0 N–H and O–H groups in total. The molecule has 0 saturated heterocycles. The predicted octanol–water partition coefficient (Wildman–Crippen LogP) is 7.36. The summed E-state index contributed by atoms with van der Waals surface area (Å²) in [6, 6.07) is 33.2. The Balaban J connectivity index is 0.00000408. The van der Waals surface area contributed by atoms with Crippen molar-refractivity contribution >= 4 is 17.1 Å². The number of para-hydroxylation sites is 3. The molecule has 0 aliphatic heterocycles. The van der Waals surface area contributed by atoms with E-state index in [-0.39, 0.29) is 24.0 Å². The Labute approximate surface area is 226 Å². The van der Waals surface area contributed by atoms with Gasteiger partial charge in [0.15, 0.2) is 0 Å². The molecule has 0 amide bonds. The van der Waals surface area contributed by atoms with Gasteiger partial charge in [-0.1, -0.05) is 126 Å². The van der Waals surface area contributed by atoms with E-state index in [0.717, 1.165) is 11.0 Å². The summed E-state index contributed by atoms with van der Waals surface area (Å²) >= 11 is 0. The second-order valence-corrected chi connectivity index (χ2v) is 9.43. The fraction of sp³-hybridized carbons (Fsp3) is 0.438. The van der Waals surface area contributed by atoms with Gasteiger partial charge in [-0.3, -0.25) is 0 Å². The van der Waals surface area contributed by atoms with Crippen molar-refractivity contribution in [1.82, 2.24) is 4.48 Å². The predicted molar refractivity (Wildman–Crippen MR) is 146 cm³/mol. The topological polar surface area (TPSA) is 0 Å². The Bertz CT molecular complexity index is 767. The lowest BCUT2D eigenvalue weighted by Gasteiger charge is -2.37. The van der Waals surface area contributed by atoms with Crippen LogP contribution in [0.2, 0.25) is 0 Å². The Morgan fingerprint density at radius 3 is 1.03 bits per heavy atom. The minimum absolute atomic E-state index is 0. The van der Waals surface area contributed by atoms with Crippen LogP contribution in [0.1, 0.15) is 84.0 Å². The molecule has 3 aromatic rings. The van der Waals surface area contributed by atoms with Crippen molar-refractivity contribution in [3.63, 3.8) is 0 Å². The number of halogens is 1. The monoisotopic (exact) mass is 569 g/mol. The van der Waals surface area contributed by atoms with E-state index in [1.165, 1.54) is 94.1 Å². The lowest BCUT2D eigenvalue weighted by Crippen LogP contribution is -3.00. The SMILES string of the molecule is CCCCCCCCCCCCCC[N+](c1ccccc1)(c1ccccc1)c1ccccc1.[I-]. The molecule has 0 heterocycles. The van der Waals surface area contributed by atoms with Gasteiger partial charge in [0, 0.05) is 0 Å². The zero-order valence-electron chi connectivity index (χ0n) is 21.2. The van der Waals surface area contributed by atoms with Gasteiger partial charge in [-0.05, 0) is 49.2 Å². The number of unbranched alkanes of at least 4 members (excludes halogenated alkanes) is 11. The van der Waals surface area contributed by atoms with Crippen molar-refractivity contribution < 1.29 is 24.0 Å². The van der Waals surface area contributed by atoms with Gasteiger partial charge in [0.25, 0.3) is 0 Å². The Kier molecular flexibility index (Phi) is 14.2. The van der Waals surface area contributed by atoms with Crippen LogP contribution < -0.4 is 28.5 Å². The maximum atomic E-state index is 2.29. The number of benzene rings is 3. The first kappa shape index (κ1) is 28.6. The molecule has 0 spiro atoms. The third-order valence-corrected chi connectivity index (χ3v) is 6.94. The molecule has 1 nitrogen and oxygen atoms in total. The van der Waals surface area contributed by atoms with Crippen molar-refractivity contribution in [1.29, 1.82) is 0 Å². The number of hydrogen-bond acceptors (Lipinski definition) is 0. The van der Waals surface area contributed by atoms with E-state index in [2.05, 4.69) is 97.9 Å². The highest BCUT2D eigenvalue weighted by molar-refractivity contribution is 5.70. The normalized spacial score (nSPS) is 11.2. The van der Waals surface area contributed by atoms with Crippen LogP contribution in [0.3, 0.4) is 0 Å². The molecule has 0 aromatic heterocycles. The number of rotatable bonds is 16. The lowest BCUT2D eigenvalue weighted by atomic mass is 10.0. The zero-order chi connectivity index (χ0) is 23.0. The summed E-state index contributed by atoms with van der Waals surface area (Å²) in [7, 11) is 0. The van der Waals surface area contributed by atoms with E-state index in [0.29, 0.717) is 0 Å². The van der Waals surface area contributed by atoms with Gasteiger partial charge in [0.2, 0.25) is 0 Å². The Morgan fingerprint density at radius 2 is 0.706 bits per heavy atom. The maximum absolute atomic E-state index is 2.29. The number of quaternary nitrogens is 1. The van der Waals surface area contributed by atoms with Crippen LogP contribution in [0.5, 0.6) is 0 Å². The van der Waals surface area contributed by atoms with Crippen LogP contribution >= 0.6 is 0 Å². The number of hydrogen-bond donors (Lipinski definition) is 0. The Hall–Kier alpha value is -1.65. The molecule has 0 aliphatic carbocycles. The minimum atomic E-state index is 0. The molecule has 0 atom stereocenters. The number of nitrogens with zero attached hydrogens (tertiary/aromatic N) is 1. The van der Waals surface area contributed by atoms with Gasteiger partial charge in [0.05, 0.1) is 6.54 Å². The third-order valence-electron chi connectivity index (χ3n) is 6.94. The highest BCUT2D eigenvalue weighted by Crippen LogP contribution is 2.43. The first-order valence-electron chi connectivity index (χ1n) is 13.4. The van der Waals surface area contributed by atoms with Crippen molar-refractivity contribution in [3.05, 3.63) is 91.0 Å². The van der Waals surface area contributed by atoms with Gasteiger partial charge in [-0.2, -0.15) is 0 Å². The highest BCUT2D eigenvalue weighted by Gasteiger charge is 2.35. The summed E-state index contributed by atoms with van der Waals surface area (Å²) in [6.07, 6.45) is 16.6. The van der Waals surface area contributed by atoms with Crippen molar-refractivity contribution in [2.75, 3.05) is 6.54 Å². The molecular weight excluding hydrogens is 525 g/mol. The molecule has 0 saturated carbocycles. The minimum Gasteiger partial charge on any atom is -1.00 e. The first-order valence-corrected chi connectivity index (χ1v) is 13.4. The summed E-state index contributed by atoms with van der Waals surface area (Å²) in [5.74, 6) is 0. The summed E-state index contributed by atoms with van der Waals surface area (Å²) in [5, 5.41) is 0. The molecular formula is C32H44IN. The fourth-order valence-corrected chi connectivity index (χ4v) is 5.07.